The Kier molecular flexibility index (Phi) is 25.4. The standard InChI is InChI=1S/C10H14.3C2H6/c1-3-9-7-5-6-8-10(9)4-2;3*1-2/h5-8H,3-4H2,1-2H3;3*1-2H3. The summed E-state index contributed by atoms with van der Waals surface area (Å²) in [6, 6.07) is 8.63. The Labute approximate surface area is 104 Å². The van der Waals surface area contributed by atoms with E-state index in [4.69, 9.17) is 0 Å². The summed E-state index contributed by atoms with van der Waals surface area (Å²) >= 11 is 0. The maximum atomic E-state index is 2.21. The van der Waals surface area contributed by atoms with Crippen molar-refractivity contribution < 1.29 is 0 Å². The van der Waals surface area contributed by atoms with E-state index in [0.29, 0.717) is 0 Å². The van der Waals surface area contributed by atoms with Gasteiger partial charge in [0.05, 0.1) is 0 Å². The normalized spacial score (nSPS) is 7.25. The minimum Gasteiger partial charge on any atom is -0.0683 e. The molecule has 0 amide bonds. The van der Waals surface area contributed by atoms with E-state index in [-0.39, 0.29) is 0 Å². The SMILES string of the molecule is CC.CC.CC.CCc1ccccc1CC. The molecule has 0 aliphatic rings. The van der Waals surface area contributed by atoms with E-state index in [1.807, 2.05) is 41.5 Å². The lowest BCUT2D eigenvalue weighted by atomic mass is 10.0. The topological polar surface area (TPSA) is 0 Å². The van der Waals surface area contributed by atoms with Gasteiger partial charge in [-0.1, -0.05) is 79.7 Å². The highest BCUT2D eigenvalue weighted by Crippen LogP contribution is 2.08. The molecule has 1 aromatic carbocycles. The van der Waals surface area contributed by atoms with Gasteiger partial charge in [-0.2, -0.15) is 0 Å². The molecule has 0 spiro atoms. The lowest BCUT2D eigenvalue weighted by molar-refractivity contribution is 1.04. The Hall–Kier alpha value is -0.780. The van der Waals surface area contributed by atoms with Crippen LogP contribution in [-0.2, 0) is 12.8 Å². The largest absolute Gasteiger partial charge is 0.0683 e. The highest BCUT2D eigenvalue weighted by atomic mass is 14.0. The fourth-order valence-electron chi connectivity index (χ4n) is 1.25. The fraction of sp³-hybridized carbons (Fsp3) is 0.625. The van der Waals surface area contributed by atoms with Crippen LogP contribution in [0.15, 0.2) is 24.3 Å². The molecule has 1 aromatic rings. The predicted octanol–water partition coefficient (Wildman–Crippen LogP) is 5.89. The number of benzene rings is 1. The van der Waals surface area contributed by atoms with E-state index < -0.39 is 0 Å². The van der Waals surface area contributed by atoms with Gasteiger partial charge in [0.1, 0.15) is 0 Å². The third-order valence-corrected chi connectivity index (χ3v) is 1.88. The minimum absolute atomic E-state index is 1.16. The van der Waals surface area contributed by atoms with Crippen molar-refractivity contribution >= 4 is 0 Å². The molecule has 0 bridgehead atoms. The van der Waals surface area contributed by atoms with Gasteiger partial charge in [0.2, 0.25) is 0 Å². The van der Waals surface area contributed by atoms with Crippen LogP contribution in [0.5, 0.6) is 0 Å². The molecule has 0 atom stereocenters. The van der Waals surface area contributed by atoms with Crippen LogP contribution < -0.4 is 0 Å². The Bertz CT molecular complexity index is 178. The molecule has 96 valence electrons. The molecule has 0 nitrogen and oxygen atoms in total. The molecule has 0 unspecified atom stereocenters. The number of aryl methyl sites for hydroxylation is 2. The molecule has 0 heteroatoms. The second-order valence-corrected chi connectivity index (χ2v) is 2.48. The summed E-state index contributed by atoms with van der Waals surface area (Å²) in [4.78, 5) is 0. The van der Waals surface area contributed by atoms with E-state index in [1.165, 1.54) is 11.1 Å². The Morgan fingerprint density at radius 1 is 0.625 bits per heavy atom. The van der Waals surface area contributed by atoms with E-state index >= 15 is 0 Å². The molecule has 0 aromatic heterocycles. The van der Waals surface area contributed by atoms with Crippen molar-refractivity contribution in [1.82, 2.24) is 0 Å². The minimum atomic E-state index is 1.16. The van der Waals surface area contributed by atoms with Crippen molar-refractivity contribution in [3.05, 3.63) is 35.4 Å². The molecule has 0 saturated carbocycles. The van der Waals surface area contributed by atoms with Crippen LogP contribution in [0.3, 0.4) is 0 Å². The Morgan fingerprint density at radius 3 is 1.06 bits per heavy atom. The molecule has 0 heterocycles. The molecule has 1 rings (SSSR count). The maximum absolute atomic E-state index is 2.21. The fourth-order valence-corrected chi connectivity index (χ4v) is 1.25. The molecule has 0 saturated heterocycles. The highest BCUT2D eigenvalue weighted by molar-refractivity contribution is 5.26. The monoisotopic (exact) mass is 224 g/mol. The summed E-state index contributed by atoms with van der Waals surface area (Å²) in [5.41, 5.74) is 2.98. The van der Waals surface area contributed by atoms with Crippen LogP contribution in [0, 0.1) is 0 Å². The van der Waals surface area contributed by atoms with Crippen LogP contribution in [-0.4, -0.2) is 0 Å². The van der Waals surface area contributed by atoms with Crippen molar-refractivity contribution in [2.24, 2.45) is 0 Å². The molecular weight excluding hydrogens is 192 g/mol. The summed E-state index contributed by atoms with van der Waals surface area (Å²) in [5, 5.41) is 0. The van der Waals surface area contributed by atoms with Gasteiger partial charge in [0, 0.05) is 0 Å². The Balaban J connectivity index is -0.000000245. The maximum Gasteiger partial charge on any atom is -0.0305 e. The second kappa shape index (κ2) is 19.7. The molecule has 0 aliphatic heterocycles. The number of hydrogen-bond donors (Lipinski definition) is 0. The van der Waals surface area contributed by atoms with Gasteiger partial charge in [0.25, 0.3) is 0 Å². The van der Waals surface area contributed by atoms with Crippen LogP contribution >= 0.6 is 0 Å². The summed E-state index contributed by atoms with van der Waals surface area (Å²) in [7, 11) is 0. The van der Waals surface area contributed by atoms with Crippen molar-refractivity contribution in [3.63, 3.8) is 0 Å². The molecule has 0 N–H and O–H groups in total. The predicted molar refractivity (Wildman–Crippen MR) is 79.2 cm³/mol. The lowest BCUT2D eigenvalue weighted by Crippen LogP contribution is -1.88. The van der Waals surface area contributed by atoms with E-state index in [2.05, 4.69) is 38.1 Å². The van der Waals surface area contributed by atoms with Gasteiger partial charge in [-0.3, -0.25) is 0 Å². The lowest BCUT2D eigenvalue weighted by Gasteiger charge is -2.02. The first-order chi connectivity index (χ1) is 7.88. The van der Waals surface area contributed by atoms with Crippen LogP contribution in [0.25, 0.3) is 0 Å². The summed E-state index contributed by atoms with van der Waals surface area (Å²) in [6.45, 7) is 16.4. The van der Waals surface area contributed by atoms with E-state index in [9.17, 15) is 0 Å². The van der Waals surface area contributed by atoms with Crippen molar-refractivity contribution in [1.29, 1.82) is 0 Å². The summed E-state index contributed by atoms with van der Waals surface area (Å²) < 4.78 is 0. The molecular formula is C16H32. The van der Waals surface area contributed by atoms with Crippen LogP contribution in [0.4, 0.5) is 0 Å². The van der Waals surface area contributed by atoms with Gasteiger partial charge in [0.15, 0.2) is 0 Å². The van der Waals surface area contributed by atoms with Gasteiger partial charge in [-0.25, -0.2) is 0 Å². The first-order valence-electron chi connectivity index (χ1n) is 6.95. The van der Waals surface area contributed by atoms with Crippen LogP contribution in [0.1, 0.15) is 66.5 Å². The number of hydrogen-bond acceptors (Lipinski definition) is 0. The molecule has 0 aliphatic carbocycles. The Morgan fingerprint density at radius 2 is 0.875 bits per heavy atom. The zero-order valence-electron chi connectivity index (χ0n) is 12.7. The second-order valence-electron chi connectivity index (χ2n) is 2.48. The highest BCUT2D eigenvalue weighted by Gasteiger charge is 1.93. The quantitative estimate of drug-likeness (QED) is 0.587. The summed E-state index contributed by atoms with van der Waals surface area (Å²) in [5.74, 6) is 0. The number of rotatable bonds is 2. The van der Waals surface area contributed by atoms with Crippen molar-refractivity contribution in [2.45, 2.75) is 68.2 Å². The zero-order valence-corrected chi connectivity index (χ0v) is 12.7. The first-order valence-corrected chi connectivity index (χ1v) is 6.95. The average Bonchev–Trinajstić information content (AvgIpc) is 2.45. The van der Waals surface area contributed by atoms with Gasteiger partial charge < -0.3 is 0 Å². The van der Waals surface area contributed by atoms with Gasteiger partial charge in [-0.05, 0) is 24.0 Å². The molecule has 16 heavy (non-hydrogen) atoms. The third-order valence-electron chi connectivity index (χ3n) is 1.88. The van der Waals surface area contributed by atoms with Crippen molar-refractivity contribution in [2.75, 3.05) is 0 Å². The van der Waals surface area contributed by atoms with Gasteiger partial charge in [-0.15, -0.1) is 0 Å². The third kappa shape index (κ3) is 9.76. The van der Waals surface area contributed by atoms with E-state index in [0.717, 1.165) is 12.8 Å². The zero-order chi connectivity index (χ0) is 13.4. The average molecular weight is 224 g/mol. The van der Waals surface area contributed by atoms with Crippen molar-refractivity contribution in [3.8, 4) is 0 Å². The van der Waals surface area contributed by atoms with E-state index in [1.54, 1.807) is 0 Å². The first kappa shape index (κ1) is 20.6. The molecule has 0 radical (unpaired) electrons. The summed E-state index contributed by atoms with van der Waals surface area (Å²) in [6.07, 6.45) is 2.31. The van der Waals surface area contributed by atoms with Gasteiger partial charge >= 0.3 is 0 Å². The molecule has 0 fully saturated rings. The smallest absolute Gasteiger partial charge is 0.0305 e. The van der Waals surface area contributed by atoms with Crippen LogP contribution in [0.2, 0.25) is 0 Å².